The summed E-state index contributed by atoms with van der Waals surface area (Å²) in [7, 11) is 0. The van der Waals surface area contributed by atoms with Crippen LogP contribution in [-0.2, 0) is 24.0 Å². The summed E-state index contributed by atoms with van der Waals surface area (Å²) in [5.74, 6) is -0.506. The molecule has 2 saturated heterocycles. The van der Waals surface area contributed by atoms with Gasteiger partial charge in [0.1, 0.15) is 23.4 Å². The van der Waals surface area contributed by atoms with Crippen molar-refractivity contribution in [3.63, 3.8) is 0 Å². The number of ether oxygens (including phenoxy) is 2. The zero-order chi connectivity index (χ0) is 17.5. The minimum Gasteiger partial charge on any atom is -0.495 e. The van der Waals surface area contributed by atoms with E-state index in [-0.39, 0.29) is 18.3 Å². The number of rotatable bonds is 2. The normalized spacial score (nSPS) is 52.5. The summed E-state index contributed by atoms with van der Waals surface area (Å²) in [6.45, 7) is 13.2. The lowest BCUT2D eigenvalue weighted by atomic mass is 9.72. The minimum absolute atomic E-state index is 0.271. The van der Waals surface area contributed by atoms with Gasteiger partial charge in [-0.05, 0) is 33.6 Å². The summed E-state index contributed by atoms with van der Waals surface area (Å²) in [6.07, 6.45) is 0.738. The molecule has 7 atom stereocenters. The molecule has 4 aliphatic rings. The quantitative estimate of drug-likeness (QED) is 0.360. The number of fused-ring (bicyclic) bond motifs is 1. The second-order valence-corrected chi connectivity index (χ2v) is 8.10. The van der Waals surface area contributed by atoms with Crippen molar-refractivity contribution in [3.05, 3.63) is 24.5 Å². The highest BCUT2D eigenvalue weighted by Crippen LogP contribution is 2.64. The fraction of sp³-hybridized carbons (Fsp3) is 0.722. The van der Waals surface area contributed by atoms with E-state index in [4.69, 9.17) is 19.2 Å². The summed E-state index contributed by atoms with van der Waals surface area (Å²) < 4.78 is 11.6. The average Bonchev–Trinajstić information content (AvgIpc) is 3.01. The van der Waals surface area contributed by atoms with Crippen LogP contribution in [0, 0.1) is 11.8 Å². The minimum atomic E-state index is -1.19. The predicted molar refractivity (Wildman–Crippen MR) is 83.5 cm³/mol. The molecule has 132 valence electrons. The van der Waals surface area contributed by atoms with Crippen molar-refractivity contribution in [3.8, 4) is 0 Å². The van der Waals surface area contributed by atoms with Gasteiger partial charge in [-0.15, -0.1) is 0 Å². The van der Waals surface area contributed by atoms with Crippen LogP contribution in [0.25, 0.3) is 0 Å². The fourth-order valence-electron chi connectivity index (χ4n) is 5.28. The molecule has 4 fully saturated rings. The Kier molecular flexibility index (Phi) is 3.10. The van der Waals surface area contributed by atoms with E-state index in [1.165, 1.54) is 0 Å². The molecule has 2 bridgehead atoms. The van der Waals surface area contributed by atoms with Gasteiger partial charge in [0.05, 0.1) is 23.2 Å². The van der Waals surface area contributed by atoms with Gasteiger partial charge in [0, 0.05) is 12.0 Å². The first kappa shape index (κ1) is 16.1. The van der Waals surface area contributed by atoms with Crippen LogP contribution in [0.5, 0.6) is 0 Å². The molecule has 0 aromatic rings. The molecule has 24 heavy (non-hydrogen) atoms. The third-order valence-electron chi connectivity index (χ3n) is 6.39. The molecule has 2 saturated carbocycles. The SMILES string of the molecule is C=C(C)OC1CC(C)(O)C23CCC(C)(OO2)C3C2OC(=O)C(=C)C12. The van der Waals surface area contributed by atoms with Gasteiger partial charge in [0.25, 0.3) is 0 Å². The van der Waals surface area contributed by atoms with Gasteiger partial charge in [-0.1, -0.05) is 13.2 Å². The third kappa shape index (κ3) is 1.79. The van der Waals surface area contributed by atoms with Crippen LogP contribution in [-0.4, -0.2) is 40.1 Å². The Labute approximate surface area is 141 Å². The van der Waals surface area contributed by atoms with Crippen LogP contribution >= 0.6 is 0 Å². The highest BCUT2D eigenvalue weighted by atomic mass is 17.2. The van der Waals surface area contributed by atoms with Crippen molar-refractivity contribution in [2.24, 2.45) is 11.8 Å². The van der Waals surface area contributed by atoms with Crippen molar-refractivity contribution in [1.82, 2.24) is 0 Å². The molecule has 6 heteroatoms. The molecule has 0 radical (unpaired) electrons. The van der Waals surface area contributed by atoms with Crippen LogP contribution in [0.15, 0.2) is 24.5 Å². The van der Waals surface area contributed by atoms with Crippen molar-refractivity contribution < 1.29 is 29.1 Å². The monoisotopic (exact) mass is 336 g/mol. The molecule has 0 aromatic heterocycles. The van der Waals surface area contributed by atoms with Gasteiger partial charge < -0.3 is 14.6 Å². The number of aliphatic hydroxyl groups is 1. The number of esters is 1. The Morgan fingerprint density at radius 1 is 1.33 bits per heavy atom. The summed E-state index contributed by atoms with van der Waals surface area (Å²) in [4.78, 5) is 23.6. The number of allylic oxidation sites excluding steroid dienone is 1. The van der Waals surface area contributed by atoms with E-state index in [1.807, 2.05) is 6.92 Å². The molecule has 2 aliphatic carbocycles. The van der Waals surface area contributed by atoms with E-state index in [0.717, 1.165) is 6.42 Å². The lowest BCUT2D eigenvalue weighted by molar-refractivity contribution is -0.394. The van der Waals surface area contributed by atoms with Crippen molar-refractivity contribution >= 4 is 5.97 Å². The maximum Gasteiger partial charge on any atom is 0.334 e. The summed E-state index contributed by atoms with van der Waals surface area (Å²) in [6, 6.07) is 0. The van der Waals surface area contributed by atoms with E-state index in [9.17, 15) is 9.90 Å². The Hall–Kier alpha value is -1.37. The molecule has 1 N–H and O–H groups in total. The zero-order valence-electron chi connectivity index (χ0n) is 14.3. The van der Waals surface area contributed by atoms with Gasteiger partial charge >= 0.3 is 5.97 Å². The molecule has 0 amide bonds. The molecule has 0 aromatic carbocycles. The third-order valence-corrected chi connectivity index (χ3v) is 6.39. The molecule has 6 nitrogen and oxygen atoms in total. The van der Waals surface area contributed by atoms with Crippen molar-refractivity contribution in [2.45, 2.75) is 69.0 Å². The number of carbonyl (C=O) groups is 1. The van der Waals surface area contributed by atoms with Gasteiger partial charge in [0.15, 0.2) is 0 Å². The summed E-state index contributed by atoms with van der Waals surface area (Å²) >= 11 is 0. The van der Waals surface area contributed by atoms with E-state index in [0.29, 0.717) is 17.8 Å². The molecule has 2 heterocycles. The van der Waals surface area contributed by atoms with Crippen LogP contribution < -0.4 is 0 Å². The molecule has 2 aliphatic heterocycles. The van der Waals surface area contributed by atoms with Gasteiger partial charge in [-0.25, -0.2) is 14.6 Å². The van der Waals surface area contributed by atoms with Gasteiger partial charge in [-0.3, -0.25) is 0 Å². The number of hydrogen-bond donors (Lipinski definition) is 1. The first-order chi connectivity index (χ1) is 11.1. The summed E-state index contributed by atoms with van der Waals surface area (Å²) in [5.41, 5.74) is -2.32. The largest absolute Gasteiger partial charge is 0.495 e. The second-order valence-electron chi connectivity index (χ2n) is 8.10. The first-order valence-electron chi connectivity index (χ1n) is 8.42. The predicted octanol–water partition coefficient (Wildman–Crippen LogP) is 2.03. The van der Waals surface area contributed by atoms with Crippen LogP contribution in [0.1, 0.15) is 40.0 Å². The van der Waals surface area contributed by atoms with Gasteiger partial charge in [-0.2, -0.15) is 0 Å². The number of carbonyl (C=O) groups excluding carboxylic acids is 1. The molecule has 0 spiro atoms. The fourth-order valence-corrected chi connectivity index (χ4v) is 5.28. The van der Waals surface area contributed by atoms with Crippen molar-refractivity contribution in [1.29, 1.82) is 0 Å². The zero-order valence-corrected chi connectivity index (χ0v) is 14.3. The first-order valence-corrected chi connectivity index (χ1v) is 8.42. The van der Waals surface area contributed by atoms with Crippen molar-refractivity contribution in [2.75, 3.05) is 0 Å². The van der Waals surface area contributed by atoms with E-state index >= 15 is 0 Å². The lowest BCUT2D eigenvalue weighted by Crippen LogP contribution is -2.56. The second kappa shape index (κ2) is 4.62. The Morgan fingerprint density at radius 2 is 2.04 bits per heavy atom. The molecule has 7 unspecified atom stereocenters. The maximum absolute atomic E-state index is 12.2. The Balaban J connectivity index is 1.86. The van der Waals surface area contributed by atoms with Crippen LogP contribution in [0.4, 0.5) is 0 Å². The number of hydrogen-bond acceptors (Lipinski definition) is 6. The smallest absolute Gasteiger partial charge is 0.334 e. The molecule has 4 rings (SSSR count). The van der Waals surface area contributed by atoms with E-state index in [1.54, 1.807) is 13.8 Å². The average molecular weight is 336 g/mol. The highest BCUT2D eigenvalue weighted by Gasteiger charge is 2.77. The van der Waals surface area contributed by atoms with Crippen LogP contribution in [0.2, 0.25) is 0 Å². The van der Waals surface area contributed by atoms with E-state index < -0.39 is 35.0 Å². The van der Waals surface area contributed by atoms with E-state index in [2.05, 4.69) is 13.2 Å². The Morgan fingerprint density at radius 3 is 2.62 bits per heavy atom. The topological polar surface area (TPSA) is 74.2 Å². The standard InChI is InChI=1S/C18H24O6/c1-9(2)21-11-8-17(5,20)18-7-6-16(4,23-24-18)14(18)13-12(11)10(3)15(19)22-13/h11-14,20H,1,3,6-8H2,2,4-5H3. The lowest BCUT2D eigenvalue weighted by Gasteiger charge is -2.41. The molecular weight excluding hydrogens is 312 g/mol. The maximum atomic E-state index is 12.2. The summed E-state index contributed by atoms with van der Waals surface area (Å²) in [5, 5.41) is 11.3. The van der Waals surface area contributed by atoms with Crippen LogP contribution in [0.3, 0.4) is 0 Å². The van der Waals surface area contributed by atoms with Gasteiger partial charge in [0.2, 0.25) is 0 Å². The Bertz CT molecular complexity index is 627. The molecular formula is C18H24O6. The highest BCUT2D eigenvalue weighted by molar-refractivity contribution is 5.91.